The van der Waals surface area contributed by atoms with Crippen LogP contribution in [0.4, 0.5) is 11.4 Å². The first kappa shape index (κ1) is 21.5. The molecule has 0 radical (unpaired) electrons. The highest BCUT2D eigenvalue weighted by molar-refractivity contribution is 6.28. The molecule has 2 heterocycles. The Bertz CT molecular complexity index is 820. The monoisotopic (exact) mass is 390 g/mol. The number of nitrogens with zero attached hydrogens (tertiary/aromatic N) is 2. The molecule has 4 rings (SSSR count). The van der Waals surface area contributed by atoms with Crippen molar-refractivity contribution in [2.24, 2.45) is 0 Å². The smallest absolute Gasteiger partial charge is 0.258 e. The first-order chi connectivity index (χ1) is 14.0. The summed E-state index contributed by atoms with van der Waals surface area (Å²) in [5, 5.41) is 0. The fraction of sp³-hybridized carbons (Fsp3) is 0.130. The molecule has 2 aliphatic rings. The SMILES string of the molecule is CCC.O=C1C=CC(=O)N1c1ccccc1.O=C1C=CC(=O)N1c1ccccc1. The van der Waals surface area contributed by atoms with Crippen LogP contribution in [-0.4, -0.2) is 23.6 Å². The van der Waals surface area contributed by atoms with Crippen LogP contribution in [0.25, 0.3) is 0 Å². The van der Waals surface area contributed by atoms with Crippen molar-refractivity contribution in [1.29, 1.82) is 0 Å². The van der Waals surface area contributed by atoms with E-state index in [4.69, 9.17) is 0 Å². The van der Waals surface area contributed by atoms with Gasteiger partial charge in [-0.1, -0.05) is 56.7 Å². The maximum atomic E-state index is 11.2. The van der Waals surface area contributed by atoms with Gasteiger partial charge in [-0.25, -0.2) is 9.80 Å². The molecular formula is C23H22N2O4. The van der Waals surface area contributed by atoms with E-state index in [1.165, 1.54) is 30.7 Å². The highest BCUT2D eigenvalue weighted by Gasteiger charge is 2.25. The van der Waals surface area contributed by atoms with Crippen molar-refractivity contribution in [2.45, 2.75) is 20.3 Å². The van der Waals surface area contributed by atoms with E-state index in [0.29, 0.717) is 11.4 Å². The third-order valence-electron chi connectivity index (χ3n) is 3.65. The number of rotatable bonds is 2. The van der Waals surface area contributed by atoms with Crippen LogP contribution >= 0.6 is 0 Å². The van der Waals surface area contributed by atoms with Crippen LogP contribution in [0.3, 0.4) is 0 Å². The number of hydrogen-bond donors (Lipinski definition) is 0. The Balaban J connectivity index is 0.000000183. The Morgan fingerprint density at radius 1 is 0.517 bits per heavy atom. The van der Waals surface area contributed by atoms with Crippen LogP contribution in [0.5, 0.6) is 0 Å². The van der Waals surface area contributed by atoms with E-state index in [9.17, 15) is 19.2 Å². The van der Waals surface area contributed by atoms with Crippen molar-refractivity contribution in [2.75, 3.05) is 9.80 Å². The molecular weight excluding hydrogens is 368 g/mol. The van der Waals surface area contributed by atoms with Crippen LogP contribution in [0, 0.1) is 0 Å². The molecule has 0 saturated heterocycles. The summed E-state index contributed by atoms with van der Waals surface area (Å²) in [6, 6.07) is 17.7. The number of carbonyl (C=O) groups is 4. The molecule has 29 heavy (non-hydrogen) atoms. The van der Waals surface area contributed by atoms with E-state index in [-0.39, 0.29) is 23.6 Å². The highest BCUT2D eigenvalue weighted by Crippen LogP contribution is 2.18. The van der Waals surface area contributed by atoms with Crippen LogP contribution in [-0.2, 0) is 19.2 Å². The molecule has 6 heteroatoms. The van der Waals surface area contributed by atoms with Crippen molar-refractivity contribution in [3.8, 4) is 0 Å². The molecule has 0 atom stereocenters. The van der Waals surface area contributed by atoms with Crippen LogP contribution in [0.2, 0.25) is 0 Å². The van der Waals surface area contributed by atoms with Crippen LogP contribution in [0.1, 0.15) is 20.3 Å². The van der Waals surface area contributed by atoms with E-state index < -0.39 is 0 Å². The minimum Gasteiger partial charge on any atom is -0.269 e. The average Bonchev–Trinajstić information content (AvgIpc) is 3.25. The molecule has 0 fully saturated rings. The van der Waals surface area contributed by atoms with Gasteiger partial charge in [0.2, 0.25) is 0 Å². The van der Waals surface area contributed by atoms with Crippen molar-refractivity contribution >= 4 is 35.0 Å². The number of hydrogen-bond acceptors (Lipinski definition) is 4. The topological polar surface area (TPSA) is 74.8 Å². The fourth-order valence-corrected chi connectivity index (χ4v) is 2.46. The summed E-state index contributed by atoms with van der Waals surface area (Å²) in [6.45, 7) is 4.25. The largest absolute Gasteiger partial charge is 0.269 e. The van der Waals surface area contributed by atoms with Gasteiger partial charge in [-0.3, -0.25) is 19.2 Å². The van der Waals surface area contributed by atoms with Gasteiger partial charge in [-0.2, -0.15) is 0 Å². The molecule has 0 aromatic heterocycles. The van der Waals surface area contributed by atoms with Gasteiger partial charge in [-0.05, 0) is 24.3 Å². The lowest BCUT2D eigenvalue weighted by atomic mass is 10.3. The van der Waals surface area contributed by atoms with Gasteiger partial charge in [0, 0.05) is 24.3 Å². The summed E-state index contributed by atoms with van der Waals surface area (Å²) in [7, 11) is 0. The number of benzene rings is 2. The first-order valence-corrected chi connectivity index (χ1v) is 9.22. The Morgan fingerprint density at radius 2 is 0.759 bits per heavy atom. The van der Waals surface area contributed by atoms with Crippen molar-refractivity contribution < 1.29 is 19.2 Å². The maximum Gasteiger partial charge on any atom is 0.258 e. The fourth-order valence-electron chi connectivity index (χ4n) is 2.46. The summed E-state index contributed by atoms with van der Waals surface area (Å²) in [6.07, 6.45) is 6.34. The van der Waals surface area contributed by atoms with Crippen LogP contribution < -0.4 is 9.80 Å². The number of anilines is 2. The predicted octanol–water partition coefficient (Wildman–Crippen LogP) is 3.65. The molecule has 6 nitrogen and oxygen atoms in total. The Labute approximate surface area is 169 Å². The zero-order valence-electron chi connectivity index (χ0n) is 16.3. The van der Waals surface area contributed by atoms with Crippen molar-refractivity contribution in [3.05, 3.63) is 85.0 Å². The number of amides is 4. The summed E-state index contributed by atoms with van der Waals surface area (Å²) in [5.74, 6) is -1.13. The lowest BCUT2D eigenvalue weighted by molar-refractivity contribution is -0.121. The number of carbonyl (C=O) groups excluding carboxylic acids is 4. The quantitative estimate of drug-likeness (QED) is 0.734. The van der Waals surface area contributed by atoms with Gasteiger partial charge >= 0.3 is 0 Å². The molecule has 0 spiro atoms. The van der Waals surface area contributed by atoms with E-state index >= 15 is 0 Å². The molecule has 2 aromatic rings. The zero-order valence-corrected chi connectivity index (χ0v) is 16.3. The number of para-hydroxylation sites is 2. The van der Waals surface area contributed by atoms with Gasteiger partial charge in [0.25, 0.3) is 23.6 Å². The third-order valence-corrected chi connectivity index (χ3v) is 3.65. The Morgan fingerprint density at radius 3 is 1.00 bits per heavy atom. The molecule has 0 aliphatic carbocycles. The summed E-state index contributed by atoms with van der Waals surface area (Å²) >= 11 is 0. The second kappa shape index (κ2) is 10.5. The second-order valence-corrected chi connectivity index (χ2v) is 6.07. The maximum absolute atomic E-state index is 11.2. The normalized spacial score (nSPS) is 14.6. The first-order valence-electron chi connectivity index (χ1n) is 9.22. The van der Waals surface area contributed by atoms with Gasteiger partial charge in [0.15, 0.2) is 0 Å². The minimum absolute atomic E-state index is 0.281. The van der Waals surface area contributed by atoms with Crippen molar-refractivity contribution in [1.82, 2.24) is 0 Å². The standard InChI is InChI=1S/2C10H7NO2.C3H8/c2*12-9-6-7-10(13)11(9)8-4-2-1-3-5-8;1-3-2/h2*1-7H;3H2,1-2H3. The van der Waals surface area contributed by atoms with Crippen molar-refractivity contribution in [3.63, 3.8) is 0 Å². The molecule has 2 aliphatic heterocycles. The third kappa shape index (κ3) is 5.59. The van der Waals surface area contributed by atoms with E-state index in [2.05, 4.69) is 13.8 Å². The molecule has 0 unspecified atom stereocenters. The molecule has 4 amide bonds. The highest BCUT2D eigenvalue weighted by atomic mass is 16.2. The van der Waals surface area contributed by atoms with Gasteiger partial charge in [-0.15, -0.1) is 0 Å². The lowest BCUT2D eigenvalue weighted by Crippen LogP contribution is -2.29. The molecule has 0 bridgehead atoms. The molecule has 148 valence electrons. The molecule has 2 aromatic carbocycles. The Hall–Kier alpha value is -3.80. The number of imide groups is 2. The van der Waals surface area contributed by atoms with E-state index in [1.807, 2.05) is 12.1 Å². The van der Waals surface area contributed by atoms with Gasteiger partial charge in [0.1, 0.15) is 0 Å². The summed E-state index contributed by atoms with van der Waals surface area (Å²) in [5.41, 5.74) is 1.23. The summed E-state index contributed by atoms with van der Waals surface area (Å²) < 4.78 is 0. The van der Waals surface area contributed by atoms with Gasteiger partial charge in [0.05, 0.1) is 11.4 Å². The zero-order chi connectivity index (χ0) is 21.2. The Kier molecular flexibility index (Phi) is 7.79. The second-order valence-electron chi connectivity index (χ2n) is 6.07. The van der Waals surface area contributed by atoms with E-state index in [0.717, 1.165) is 9.80 Å². The summed E-state index contributed by atoms with van der Waals surface area (Å²) in [4.78, 5) is 47.1. The van der Waals surface area contributed by atoms with E-state index in [1.54, 1.807) is 48.5 Å². The molecule has 0 N–H and O–H groups in total. The predicted molar refractivity (Wildman–Crippen MR) is 112 cm³/mol. The average molecular weight is 390 g/mol. The minimum atomic E-state index is -0.281. The van der Waals surface area contributed by atoms with Gasteiger partial charge < -0.3 is 0 Å². The lowest BCUT2D eigenvalue weighted by Gasteiger charge is -2.12. The van der Waals surface area contributed by atoms with Crippen LogP contribution in [0.15, 0.2) is 85.0 Å². The molecule has 0 saturated carbocycles.